The minimum atomic E-state index is -4.01. The van der Waals surface area contributed by atoms with Crippen LogP contribution in [-0.2, 0) is 16.6 Å². The van der Waals surface area contributed by atoms with Gasteiger partial charge >= 0.3 is 6.09 Å². The summed E-state index contributed by atoms with van der Waals surface area (Å²) in [6, 6.07) is 5.74. The molecule has 2 heterocycles. The van der Waals surface area contributed by atoms with Crippen LogP contribution >= 0.6 is 11.6 Å². The molecule has 0 saturated heterocycles. The molecule has 2 aromatic rings. The van der Waals surface area contributed by atoms with E-state index in [4.69, 9.17) is 16.3 Å². The maximum absolute atomic E-state index is 12.5. The summed E-state index contributed by atoms with van der Waals surface area (Å²) in [5, 5.41) is 9.28. The number of pyridine rings is 2. The van der Waals surface area contributed by atoms with Gasteiger partial charge in [-0.2, -0.15) is 4.98 Å². The Morgan fingerprint density at radius 1 is 1.32 bits per heavy atom. The number of nitrogens with one attached hydrogen (secondary N) is 1. The quantitative estimate of drug-likeness (QED) is 0.677. The SMILES string of the molecule is COc1nc(NS(=O)(=O)c2cccnc2Cl)ccc1CN(C(=O)O)C(C)(C)C. The number of sulfonamides is 1. The molecule has 11 heteroatoms. The fourth-order valence-corrected chi connectivity index (χ4v) is 3.80. The van der Waals surface area contributed by atoms with Crippen molar-refractivity contribution in [3.63, 3.8) is 0 Å². The second kappa shape index (κ2) is 8.19. The molecule has 2 rings (SSSR count). The van der Waals surface area contributed by atoms with Gasteiger partial charge in [-0.1, -0.05) is 11.6 Å². The number of carbonyl (C=O) groups is 1. The van der Waals surface area contributed by atoms with Crippen LogP contribution in [0.4, 0.5) is 10.6 Å². The molecule has 0 atom stereocenters. The number of nitrogens with zero attached hydrogens (tertiary/aromatic N) is 3. The molecule has 2 aromatic heterocycles. The highest BCUT2D eigenvalue weighted by Crippen LogP contribution is 2.26. The normalized spacial score (nSPS) is 11.8. The summed E-state index contributed by atoms with van der Waals surface area (Å²) in [5.74, 6) is 0.103. The van der Waals surface area contributed by atoms with Crippen molar-refractivity contribution in [1.29, 1.82) is 0 Å². The molecule has 0 radical (unpaired) electrons. The third-order valence-electron chi connectivity index (χ3n) is 3.75. The van der Waals surface area contributed by atoms with Crippen LogP contribution in [-0.4, -0.2) is 47.1 Å². The molecule has 0 spiro atoms. The Labute approximate surface area is 168 Å². The Morgan fingerprint density at radius 2 is 2.00 bits per heavy atom. The first-order valence-electron chi connectivity index (χ1n) is 8.13. The van der Waals surface area contributed by atoms with E-state index in [1.807, 2.05) is 0 Å². The van der Waals surface area contributed by atoms with Crippen molar-refractivity contribution in [1.82, 2.24) is 14.9 Å². The molecule has 28 heavy (non-hydrogen) atoms. The number of hydrogen-bond donors (Lipinski definition) is 2. The highest BCUT2D eigenvalue weighted by molar-refractivity contribution is 7.92. The fourth-order valence-electron chi connectivity index (χ4n) is 2.35. The lowest BCUT2D eigenvalue weighted by Gasteiger charge is -2.33. The number of amides is 1. The van der Waals surface area contributed by atoms with Crippen molar-refractivity contribution in [2.75, 3.05) is 11.8 Å². The minimum absolute atomic E-state index is 0.00171. The monoisotopic (exact) mass is 428 g/mol. The van der Waals surface area contributed by atoms with E-state index in [1.165, 1.54) is 36.4 Å². The van der Waals surface area contributed by atoms with E-state index in [2.05, 4.69) is 14.7 Å². The second-order valence-corrected chi connectivity index (χ2v) is 8.81. The largest absolute Gasteiger partial charge is 0.481 e. The van der Waals surface area contributed by atoms with E-state index in [-0.39, 0.29) is 28.3 Å². The number of hydrogen-bond acceptors (Lipinski definition) is 6. The van der Waals surface area contributed by atoms with Gasteiger partial charge in [0, 0.05) is 17.3 Å². The molecule has 0 aliphatic rings. The highest BCUT2D eigenvalue weighted by atomic mass is 35.5. The number of anilines is 1. The molecular weight excluding hydrogens is 408 g/mol. The van der Waals surface area contributed by atoms with Crippen LogP contribution < -0.4 is 9.46 Å². The van der Waals surface area contributed by atoms with Gasteiger partial charge < -0.3 is 9.84 Å². The van der Waals surface area contributed by atoms with Crippen LogP contribution in [0, 0.1) is 0 Å². The van der Waals surface area contributed by atoms with Gasteiger partial charge in [0.2, 0.25) is 5.88 Å². The number of methoxy groups -OCH3 is 1. The van der Waals surface area contributed by atoms with E-state index in [0.29, 0.717) is 5.56 Å². The van der Waals surface area contributed by atoms with Crippen molar-refractivity contribution in [2.24, 2.45) is 0 Å². The maximum atomic E-state index is 12.5. The first-order chi connectivity index (χ1) is 13.0. The smallest absolute Gasteiger partial charge is 0.408 e. The number of aromatic nitrogens is 2. The van der Waals surface area contributed by atoms with E-state index < -0.39 is 21.7 Å². The number of halogens is 1. The Morgan fingerprint density at radius 3 is 2.54 bits per heavy atom. The molecule has 1 amide bonds. The zero-order valence-corrected chi connectivity index (χ0v) is 17.4. The van der Waals surface area contributed by atoms with E-state index in [0.717, 1.165) is 0 Å². The predicted octanol–water partition coefficient (Wildman–Crippen LogP) is 3.22. The van der Waals surface area contributed by atoms with E-state index in [1.54, 1.807) is 26.8 Å². The summed E-state index contributed by atoms with van der Waals surface area (Å²) in [5.41, 5.74) is -0.157. The van der Waals surface area contributed by atoms with Crippen LogP contribution in [0.2, 0.25) is 5.15 Å². The lowest BCUT2D eigenvalue weighted by molar-refractivity contribution is 0.0949. The predicted molar refractivity (Wildman–Crippen MR) is 104 cm³/mol. The Kier molecular flexibility index (Phi) is 6.35. The molecule has 0 unspecified atom stereocenters. The van der Waals surface area contributed by atoms with Crippen molar-refractivity contribution in [3.8, 4) is 5.88 Å². The number of carboxylic acid groups (broad SMARTS) is 1. The molecule has 0 aliphatic carbocycles. The lowest BCUT2D eigenvalue weighted by atomic mass is 10.1. The molecule has 152 valence electrons. The molecule has 0 aliphatic heterocycles. The van der Waals surface area contributed by atoms with Crippen LogP contribution in [0.15, 0.2) is 35.4 Å². The number of rotatable bonds is 6. The summed E-state index contributed by atoms with van der Waals surface area (Å²) in [6.07, 6.45) is 0.284. The van der Waals surface area contributed by atoms with Crippen LogP contribution in [0.25, 0.3) is 0 Å². The standard InChI is InChI=1S/C17H21ClN4O5S/c1-17(2,3)22(16(23)24)10-11-7-8-13(20-15(11)27-4)21-28(25,26)12-6-5-9-19-14(12)18/h5-9H,10H2,1-4H3,(H,20,21)(H,23,24). The van der Waals surface area contributed by atoms with Gasteiger partial charge in [-0.15, -0.1) is 0 Å². The van der Waals surface area contributed by atoms with Gasteiger partial charge in [0.25, 0.3) is 10.0 Å². The zero-order chi connectivity index (χ0) is 21.1. The van der Waals surface area contributed by atoms with Crippen molar-refractivity contribution < 1.29 is 23.1 Å². The van der Waals surface area contributed by atoms with Crippen molar-refractivity contribution in [3.05, 3.63) is 41.2 Å². The first-order valence-corrected chi connectivity index (χ1v) is 9.99. The van der Waals surface area contributed by atoms with Crippen LogP contribution in [0.5, 0.6) is 5.88 Å². The average molecular weight is 429 g/mol. The number of ether oxygens (including phenoxy) is 1. The average Bonchev–Trinajstić information content (AvgIpc) is 2.58. The molecule has 2 N–H and O–H groups in total. The summed E-state index contributed by atoms with van der Waals surface area (Å²) < 4.78 is 32.5. The molecule has 0 aromatic carbocycles. The third kappa shape index (κ3) is 5.02. The van der Waals surface area contributed by atoms with Gasteiger partial charge in [0.05, 0.1) is 13.7 Å². The summed E-state index contributed by atoms with van der Waals surface area (Å²) in [6.45, 7) is 5.32. The van der Waals surface area contributed by atoms with Gasteiger partial charge in [-0.25, -0.2) is 18.2 Å². The van der Waals surface area contributed by atoms with Gasteiger partial charge in [-0.05, 0) is 45.0 Å². The van der Waals surface area contributed by atoms with Crippen molar-refractivity contribution >= 4 is 33.5 Å². The summed E-state index contributed by atoms with van der Waals surface area (Å²) in [4.78, 5) is 20.5. The lowest BCUT2D eigenvalue weighted by Crippen LogP contribution is -2.44. The summed E-state index contributed by atoms with van der Waals surface area (Å²) in [7, 11) is -2.64. The first kappa shape index (κ1) is 21.7. The fraction of sp³-hybridized carbons (Fsp3) is 0.353. The summed E-state index contributed by atoms with van der Waals surface area (Å²) >= 11 is 5.85. The molecule has 0 saturated carbocycles. The Bertz CT molecular complexity index is 976. The molecular formula is C17H21ClN4O5S. The van der Waals surface area contributed by atoms with Crippen LogP contribution in [0.3, 0.4) is 0 Å². The van der Waals surface area contributed by atoms with Crippen molar-refractivity contribution in [2.45, 2.75) is 37.8 Å². The Balaban J connectivity index is 2.33. The minimum Gasteiger partial charge on any atom is -0.481 e. The maximum Gasteiger partial charge on any atom is 0.408 e. The molecule has 0 bridgehead atoms. The van der Waals surface area contributed by atoms with Gasteiger partial charge in [0.15, 0.2) is 0 Å². The topological polar surface area (TPSA) is 122 Å². The molecule has 9 nitrogen and oxygen atoms in total. The second-order valence-electron chi connectivity index (χ2n) is 6.80. The van der Waals surface area contributed by atoms with E-state index >= 15 is 0 Å². The van der Waals surface area contributed by atoms with Gasteiger partial charge in [0.1, 0.15) is 15.9 Å². The van der Waals surface area contributed by atoms with E-state index in [9.17, 15) is 18.3 Å². The highest BCUT2D eigenvalue weighted by Gasteiger charge is 2.28. The van der Waals surface area contributed by atoms with Gasteiger partial charge in [-0.3, -0.25) is 9.62 Å². The third-order valence-corrected chi connectivity index (χ3v) is 5.55. The molecule has 0 fully saturated rings. The van der Waals surface area contributed by atoms with Crippen LogP contribution in [0.1, 0.15) is 26.3 Å². The zero-order valence-electron chi connectivity index (χ0n) is 15.8. The Hall–Kier alpha value is -2.59.